The summed E-state index contributed by atoms with van der Waals surface area (Å²) < 4.78 is 0. The predicted molar refractivity (Wildman–Crippen MR) is 36.9 cm³/mol. The average molecular weight is 128 g/mol. The van der Waals surface area contributed by atoms with Crippen molar-refractivity contribution < 1.29 is 4.79 Å². The summed E-state index contributed by atoms with van der Waals surface area (Å²) in [6.07, 6.45) is 3.09. The van der Waals surface area contributed by atoms with Crippen LogP contribution in [0.4, 0.5) is 0 Å². The normalized spacial score (nSPS) is 11.0. The summed E-state index contributed by atoms with van der Waals surface area (Å²) in [5.74, 6) is -0.392. The van der Waals surface area contributed by atoms with Crippen LogP contribution in [-0.2, 0) is 4.79 Å². The molecule has 0 saturated carbocycles. The third-order valence-electron chi connectivity index (χ3n) is 0.753. The molecule has 0 spiro atoms. The molecule has 0 aromatic carbocycles. The van der Waals surface area contributed by atoms with Gasteiger partial charge in [0.05, 0.1) is 0 Å². The molecule has 0 bridgehead atoms. The maximum atomic E-state index is 10.1. The molecule has 0 fully saturated rings. The maximum absolute atomic E-state index is 10.1. The van der Waals surface area contributed by atoms with Crippen molar-refractivity contribution in [1.82, 2.24) is 4.90 Å². The second kappa shape index (κ2) is 4.09. The van der Waals surface area contributed by atoms with Gasteiger partial charge in [-0.05, 0) is 20.2 Å². The van der Waals surface area contributed by atoms with E-state index in [-0.39, 0.29) is 0 Å². The highest BCUT2D eigenvalue weighted by atomic mass is 16.1. The molecule has 0 heterocycles. The molecule has 2 N–H and O–H groups in total. The van der Waals surface area contributed by atoms with Gasteiger partial charge in [-0.1, -0.05) is 6.08 Å². The van der Waals surface area contributed by atoms with E-state index in [0.29, 0.717) is 0 Å². The molecule has 0 aromatic rings. The fourth-order valence-corrected chi connectivity index (χ4v) is 0.380. The zero-order chi connectivity index (χ0) is 7.28. The van der Waals surface area contributed by atoms with E-state index >= 15 is 0 Å². The third kappa shape index (κ3) is 7.17. The number of hydrogen-bond donors (Lipinski definition) is 1. The van der Waals surface area contributed by atoms with Gasteiger partial charge in [-0.25, -0.2) is 0 Å². The number of hydrogen-bond acceptors (Lipinski definition) is 2. The van der Waals surface area contributed by atoms with E-state index in [2.05, 4.69) is 0 Å². The number of primary amides is 1. The van der Waals surface area contributed by atoms with Gasteiger partial charge >= 0.3 is 0 Å². The Balaban J connectivity index is 3.36. The number of likely N-dealkylation sites (N-methyl/N-ethyl adjacent to an activating group) is 1. The quantitative estimate of drug-likeness (QED) is 0.525. The molecular weight excluding hydrogens is 116 g/mol. The Morgan fingerprint density at radius 2 is 2.22 bits per heavy atom. The number of amides is 1. The molecule has 0 radical (unpaired) electrons. The van der Waals surface area contributed by atoms with Gasteiger partial charge in [-0.3, -0.25) is 4.79 Å². The topological polar surface area (TPSA) is 46.3 Å². The first kappa shape index (κ1) is 8.17. The molecule has 52 valence electrons. The molecule has 0 rings (SSSR count). The molecule has 9 heavy (non-hydrogen) atoms. The van der Waals surface area contributed by atoms with Crippen molar-refractivity contribution in [2.75, 3.05) is 20.6 Å². The minimum absolute atomic E-state index is 0.392. The van der Waals surface area contributed by atoms with Gasteiger partial charge in [0, 0.05) is 6.54 Å². The molecule has 3 heteroatoms. The van der Waals surface area contributed by atoms with E-state index in [1.807, 2.05) is 19.0 Å². The average Bonchev–Trinajstić information content (AvgIpc) is 1.63. The van der Waals surface area contributed by atoms with Crippen LogP contribution in [0.5, 0.6) is 0 Å². The van der Waals surface area contributed by atoms with Crippen molar-refractivity contribution in [2.24, 2.45) is 5.73 Å². The Morgan fingerprint density at radius 1 is 1.67 bits per heavy atom. The van der Waals surface area contributed by atoms with E-state index in [1.54, 1.807) is 6.08 Å². The van der Waals surface area contributed by atoms with Crippen LogP contribution < -0.4 is 5.73 Å². The molecular formula is C6H12N2O. The van der Waals surface area contributed by atoms with Crippen LogP contribution in [0.25, 0.3) is 0 Å². The fraction of sp³-hybridized carbons (Fsp3) is 0.500. The van der Waals surface area contributed by atoms with Crippen molar-refractivity contribution in [3.05, 3.63) is 12.2 Å². The first-order chi connectivity index (χ1) is 4.13. The van der Waals surface area contributed by atoms with E-state index in [1.165, 1.54) is 6.08 Å². The van der Waals surface area contributed by atoms with E-state index < -0.39 is 5.91 Å². The molecule has 0 aliphatic carbocycles. The molecule has 0 saturated heterocycles. The van der Waals surface area contributed by atoms with Gasteiger partial charge in [0.2, 0.25) is 5.91 Å². The lowest BCUT2D eigenvalue weighted by atomic mass is 10.4. The Hall–Kier alpha value is -0.830. The summed E-state index contributed by atoms with van der Waals surface area (Å²) >= 11 is 0. The minimum Gasteiger partial charge on any atom is -0.366 e. The smallest absolute Gasteiger partial charge is 0.241 e. The lowest BCUT2D eigenvalue weighted by Gasteiger charge is -2.02. The van der Waals surface area contributed by atoms with E-state index in [0.717, 1.165) is 6.54 Å². The first-order valence-electron chi connectivity index (χ1n) is 2.73. The number of nitrogens with zero attached hydrogens (tertiary/aromatic N) is 1. The van der Waals surface area contributed by atoms with Crippen molar-refractivity contribution in [1.29, 1.82) is 0 Å². The standard InChI is InChI=1S/C6H12N2O/c1-8(2)5-3-4-6(7)9/h3-4H,5H2,1-2H3,(H2,7,9). The molecule has 0 aliphatic heterocycles. The van der Waals surface area contributed by atoms with Crippen LogP contribution in [-0.4, -0.2) is 31.4 Å². The molecule has 0 aliphatic rings. The van der Waals surface area contributed by atoms with Crippen molar-refractivity contribution >= 4 is 5.91 Å². The second-order valence-electron chi connectivity index (χ2n) is 2.07. The van der Waals surface area contributed by atoms with Crippen LogP contribution in [0, 0.1) is 0 Å². The summed E-state index contributed by atoms with van der Waals surface area (Å²) in [5.41, 5.74) is 4.83. The molecule has 3 nitrogen and oxygen atoms in total. The fourth-order valence-electron chi connectivity index (χ4n) is 0.380. The lowest BCUT2D eigenvalue weighted by Crippen LogP contribution is -2.12. The monoisotopic (exact) mass is 128 g/mol. The summed E-state index contributed by atoms with van der Waals surface area (Å²) in [5, 5.41) is 0. The summed E-state index contributed by atoms with van der Waals surface area (Å²) in [6.45, 7) is 0.753. The Labute approximate surface area is 55.1 Å². The molecule has 0 unspecified atom stereocenters. The molecule has 0 atom stereocenters. The van der Waals surface area contributed by atoms with Gasteiger partial charge in [0.1, 0.15) is 0 Å². The van der Waals surface area contributed by atoms with Crippen LogP contribution in [0.3, 0.4) is 0 Å². The number of carbonyl (C=O) groups excluding carboxylic acids is 1. The largest absolute Gasteiger partial charge is 0.366 e. The third-order valence-corrected chi connectivity index (χ3v) is 0.753. The van der Waals surface area contributed by atoms with Crippen molar-refractivity contribution in [2.45, 2.75) is 0 Å². The summed E-state index contributed by atoms with van der Waals surface area (Å²) in [6, 6.07) is 0. The Bertz CT molecular complexity index is 118. The van der Waals surface area contributed by atoms with E-state index in [4.69, 9.17) is 5.73 Å². The number of rotatable bonds is 3. The summed E-state index contributed by atoms with van der Waals surface area (Å²) in [4.78, 5) is 12.0. The van der Waals surface area contributed by atoms with Gasteiger partial charge < -0.3 is 10.6 Å². The van der Waals surface area contributed by atoms with Crippen molar-refractivity contribution in [3.8, 4) is 0 Å². The van der Waals surface area contributed by atoms with Gasteiger partial charge in [-0.15, -0.1) is 0 Å². The zero-order valence-corrected chi connectivity index (χ0v) is 5.79. The van der Waals surface area contributed by atoms with Gasteiger partial charge in [-0.2, -0.15) is 0 Å². The Kier molecular flexibility index (Phi) is 3.71. The van der Waals surface area contributed by atoms with E-state index in [9.17, 15) is 4.79 Å². The molecule has 0 aromatic heterocycles. The Morgan fingerprint density at radius 3 is 2.56 bits per heavy atom. The van der Waals surface area contributed by atoms with Crippen LogP contribution in [0.2, 0.25) is 0 Å². The second-order valence-corrected chi connectivity index (χ2v) is 2.07. The van der Waals surface area contributed by atoms with Gasteiger partial charge in [0.15, 0.2) is 0 Å². The van der Waals surface area contributed by atoms with Crippen LogP contribution in [0.15, 0.2) is 12.2 Å². The highest BCUT2D eigenvalue weighted by molar-refractivity contribution is 5.85. The number of carbonyl (C=O) groups is 1. The molecule has 1 amide bonds. The highest BCUT2D eigenvalue weighted by Crippen LogP contribution is 1.75. The van der Waals surface area contributed by atoms with Crippen LogP contribution in [0.1, 0.15) is 0 Å². The van der Waals surface area contributed by atoms with Crippen LogP contribution >= 0.6 is 0 Å². The van der Waals surface area contributed by atoms with Crippen molar-refractivity contribution in [3.63, 3.8) is 0 Å². The van der Waals surface area contributed by atoms with Gasteiger partial charge in [0.25, 0.3) is 0 Å². The lowest BCUT2D eigenvalue weighted by molar-refractivity contribution is -0.113. The zero-order valence-electron chi connectivity index (χ0n) is 5.79. The minimum atomic E-state index is -0.392. The number of nitrogens with two attached hydrogens (primary N) is 1. The maximum Gasteiger partial charge on any atom is 0.241 e. The first-order valence-corrected chi connectivity index (χ1v) is 2.73. The SMILES string of the molecule is CN(C)CC=CC(N)=O. The summed E-state index contributed by atoms with van der Waals surface area (Å²) in [7, 11) is 3.84. The predicted octanol–water partition coefficient (Wildman–Crippen LogP) is -0.410. The highest BCUT2D eigenvalue weighted by Gasteiger charge is 1.83.